The molecule has 0 aliphatic carbocycles. The maximum atomic E-state index is 13.7. The van der Waals surface area contributed by atoms with Crippen LogP contribution in [-0.4, -0.2) is 79.9 Å². The quantitative estimate of drug-likeness (QED) is 0.368. The molecule has 3 aliphatic heterocycles. The summed E-state index contributed by atoms with van der Waals surface area (Å²) in [5.74, 6) is -1.71. The topological polar surface area (TPSA) is 85.4 Å². The Morgan fingerprint density at radius 3 is 2.35 bits per heavy atom. The van der Waals surface area contributed by atoms with Gasteiger partial charge in [-0.3, -0.25) is 19.3 Å². The molecule has 1 amide bonds. The maximum absolute atomic E-state index is 13.7. The molecule has 0 bridgehead atoms. The van der Waals surface area contributed by atoms with Crippen LogP contribution in [0.15, 0.2) is 42.5 Å². The molecule has 0 aromatic heterocycles. The molecule has 0 saturated carbocycles. The molecule has 0 N–H and O–H groups in total. The first-order valence-corrected chi connectivity index (χ1v) is 11.7. The molecule has 2 atom stereocenters. The molecule has 3 heterocycles. The van der Waals surface area contributed by atoms with Crippen molar-refractivity contribution in [3.63, 3.8) is 0 Å². The summed E-state index contributed by atoms with van der Waals surface area (Å²) >= 11 is 0. The summed E-state index contributed by atoms with van der Waals surface area (Å²) in [5.41, 5.74) is 2.18. The lowest BCUT2D eigenvalue weighted by molar-refractivity contribution is -0.141. The summed E-state index contributed by atoms with van der Waals surface area (Å²) in [6.07, 6.45) is 0. The number of amides is 1. The lowest BCUT2D eigenvalue weighted by atomic mass is 9.86. The van der Waals surface area contributed by atoms with Gasteiger partial charge in [0.15, 0.2) is 17.3 Å². The molecular formula is C26H28N2O6. The van der Waals surface area contributed by atoms with Gasteiger partial charge in [0.05, 0.1) is 19.3 Å². The number of carbonyl (C=O) groups excluding carboxylic acids is 3. The zero-order valence-corrected chi connectivity index (χ0v) is 19.2. The van der Waals surface area contributed by atoms with E-state index < -0.39 is 23.7 Å². The number of nitrogens with zero attached hydrogens (tertiary/aromatic N) is 2. The van der Waals surface area contributed by atoms with Gasteiger partial charge in [0.25, 0.3) is 5.91 Å². The number of hydrogen-bond donors (Lipinski definition) is 0. The SMILES string of the molecule is Cc1ccc(C2C(C(=O)c3ccc4c(c3)OCCO4)C(=O)C(=O)N2CCN2CCOCC2)cc1. The van der Waals surface area contributed by atoms with E-state index in [4.69, 9.17) is 14.2 Å². The van der Waals surface area contributed by atoms with Crippen molar-refractivity contribution >= 4 is 17.5 Å². The Bertz CT molecular complexity index is 1090. The molecule has 5 rings (SSSR count). The van der Waals surface area contributed by atoms with Gasteiger partial charge in [-0.05, 0) is 30.7 Å². The fraction of sp³-hybridized carbons (Fsp3) is 0.423. The zero-order chi connectivity index (χ0) is 23.7. The van der Waals surface area contributed by atoms with Crippen molar-refractivity contribution < 1.29 is 28.6 Å². The second-order valence-electron chi connectivity index (χ2n) is 8.87. The fourth-order valence-corrected chi connectivity index (χ4v) is 4.81. The molecule has 8 nitrogen and oxygen atoms in total. The van der Waals surface area contributed by atoms with Crippen molar-refractivity contribution in [2.24, 2.45) is 5.92 Å². The average molecular weight is 465 g/mol. The number of hydrogen-bond acceptors (Lipinski definition) is 7. The highest BCUT2D eigenvalue weighted by atomic mass is 16.6. The van der Waals surface area contributed by atoms with E-state index in [-0.39, 0.29) is 5.78 Å². The maximum Gasteiger partial charge on any atom is 0.291 e. The van der Waals surface area contributed by atoms with Gasteiger partial charge in [-0.2, -0.15) is 0 Å². The minimum atomic E-state index is -1.11. The molecule has 2 aromatic rings. The summed E-state index contributed by atoms with van der Waals surface area (Å²) in [7, 11) is 0. The van der Waals surface area contributed by atoms with Crippen LogP contribution in [-0.2, 0) is 14.3 Å². The van der Waals surface area contributed by atoms with E-state index in [0.29, 0.717) is 56.6 Å². The highest BCUT2D eigenvalue weighted by Gasteiger charge is 2.51. The molecule has 2 unspecified atom stereocenters. The van der Waals surface area contributed by atoms with E-state index in [1.165, 1.54) is 0 Å². The predicted molar refractivity (Wildman–Crippen MR) is 123 cm³/mol. The smallest absolute Gasteiger partial charge is 0.291 e. The lowest BCUT2D eigenvalue weighted by Gasteiger charge is -2.31. The van der Waals surface area contributed by atoms with Crippen molar-refractivity contribution in [2.75, 3.05) is 52.6 Å². The van der Waals surface area contributed by atoms with Crippen molar-refractivity contribution in [3.05, 3.63) is 59.2 Å². The Morgan fingerprint density at radius 2 is 1.62 bits per heavy atom. The molecule has 2 aromatic carbocycles. The van der Waals surface area contributed by atoms with Crippen LogP contribution in [0.3, 0.4) is 0 Å². The van der Waals surface area contributed by atoms with Crippen LogP contribution in [0.1, 0.15) is 27.5 Å². The molecule has 0 spiro atoms. The highest BCUT2D eigenvalue weighted by molar-refractivity contribution is 6.44. The normalized spacial score (nSPS) is 22.8. The van der Waals surface area contributed by atoms with Gasteiger partial charge in [0.2, 0.25) is 5.78 Å². The number of benzene rings is 2. The number of fused-ring (bicyclic) bond motifs is 1. The Kier molecular flexibility index (Phi) is 6.34. The third-order valence-corrected chi connectivity index (χ3v) is 6.69. The molecule has 2 saturated heterocycles. The molecule has 3 aliphatic rings. The Hall–Kier alpha value is -3.23. The largest absolute Gasteiger partial charge is 0.486 e. The van der Waals surface area contributed by atoms with Crippen molar-refractivity contribution in [2.45, 2.75) is 13.0 Å². The number of aryl methyl sites for hydroxylation is 1. The first-order valence-electron chi connectivity index (χ1n) is 11.7. The molecule has 178 valence electrons. The first kappa shape index (κ1) is 22.6. The van der Waals surface area contributed by atoms with Crippen LogP contribution in [0.4, 0.5) is 0 Å². The minimum Gasteiger partial charge on any atom is -0.486 e. The number of Topliss-reactive ketones (excluding diaryl/α,β-unsaturated/α-hetero) is 2. The van der Waals surface area contributed by atoms with Gasteiger partial charge in [-0.15, -0.1) is 0 Å². The zero-order valence-electron chi connectivity index (χ0n) is 19.2. The fourth-order valence-electron chi connectivity index (χ4n) is 4.81. The van der Waals surface area contributed by atoms with Gasteiger partial charge < -0.3 is 19.1 Å². The van der Waals surface area contributed by atoms with E-state index in [1.54, 1.807) is 23.1 Å². The van der Waals surface area contributed by atoms with Crippen LogP contribution < -0.4 is 9.47 Å². The van der Waals surface area contributed by atoms with Crippen molar-refractivity contribution in [1.29, 1.82) is 0 Å². The van der Waals surface area contributed by atoms with Crippen LogP contribution in [0.25, 0.3) is 0 Å². The summed E-state index contributed by atoms with van der Waals surface area (Å²) in [5, 5.41) is 0. The van der Waals surface area contributed by atoms with E-state index in [2.05, 4.69) is 4.90 Å². The number of rotatable bonds is 6. The van der Waals surface area contributed by atoms with Gasteiger partial charge >= 0.3 is 0 Å². The molecular weight excluding hydrogens is 436 g/mol. The van der Waals surface area contributed by atoms with Gasteiger partial charge in [-0.25, -0.2) is 0 Å². The Balaban J connectivity index is 1.46. The summed E-state index contributed by atoms with van der Waals surface area (Å²) in [4.78, 5) is 43.8. The van der Waals surface area contributed by atoms with Crippen molar-refractivity contribution in [1.82, 2.24) is 9.80 Å². The van der Waals surface area contributed by atoms with E-state index in [1.807, 2.05) is 31.2 Å². The third kappa shape index (κ3) is 4.31. The monoisotopic (exact) mass is 464 g/mol. The van der Waals surface area contributed by atoms with E-state index >= 15 is 0 Å². The number of ether oxygens (including phenoxy) is 3. The molecule has 2 fully saturated rings. The van der Waals surface area contributed by atoms with Crippen molar-refractivity contribution in [3.8, 4) is 11.5 Å². The number of ketones is 2. The van der Waals surface area contributed by atoms with Crippen LogP contribution in [0.2, 0.25) is 0 Å². The summed E-state index contributed by atoms with van der Waals surface area (Å²) < 4.78 is 16.6. The molecule has 0 radical (unpaired) electrons. The Labute approximate surface area is 198 Å². The average Bonchev–Trinajstić information content (AvgIpc) is 3.12. The van der Waals surface area contributed by atoms with Gasteiger partial charge in [0, 0.05) is 31.7 Å². The molecule has 8 heteroatoms. The number of likely N-dealkylation sites (tertiary alicyclic amines) is 1. The van der Waals surface area contributed by atoms with Gasteiger partial charge in [0.1, 0.15) is 19.1 Å². The predicted octanol–water partition coefficient (Wildman–Crippen LogP) is 2.05. The number of morpholine rings is 1. The second-order valence-corrected chi connectivity index (χ2v) is 8.87. The second kappa shape index (κ2) is 9.56. The Morgan fingerprint density at radius 1 is 0.912 bits per heavy atom. The summed E-state index contributed by atoms with van der Waals surface area (Å²) in [6, 6.07) is 12.0. The standard InChI is InChI=1S/C26H28N2O6/c1-17-2-4-18(5-3-17)23-22(24(29)19-6-7-20-21(16-19)34-15-14-33-20)25(30)26(31)28(23)9-8-27-10-12-32-13-11-27/h2-7,16,22-23H,8-15H2,1H3. The van der Waals surface area contributed by atoms with Crippen LogP contribution >= 0.6 is 0 Å². The van der Waals surface area contributed by atoms with Crippen LogP contribution in [0, 0.1) is 12.8 Å². The number of carbonyl (C=O) groups is 3. The first-order chi connectivity index (χ1) is 16.5. The van der Waals surface area contributed by atoms with Crippen LogP contribution in [0.5, 0.6) is 11.5 Å². The van der Waals surface area contributed by atoms with Gasteiger partial charge in [-0.1, -0.05) is 29.8 Å². The molecule has 34 heavy (non-hydrogen) atoms. The lowest BCUT2D eigenvalue weighted by Crippen LogP contribution is -2.42. The minimum absolute atomic E-state index is 0.336. The van der Waals surface area contributed by atoms with E-state index in [0.717, 1.165) is 24.2 Å². The van der Waals surface area contributed by atoms with E-state index in [9.17, 15) is 14.4 Å². The highest BCUT2D eigenvalue weighted by Crippen LogP contribution is 2.39. The summed E-state index contributed by atoms with van der Waals surface area (Å²) in [6.45, 7) is 6.68. The third-order valence-electron chi connectivity index (χ3n) is 6.69.